The molecule has 3 rings (SSSR count). The van der Waals surface area contributed by atoms with Crippen LogP contribution in [0.15, 0.2) is 18.2 Å². The molecule has 0 bridgehead atoms. The molecule has 2 aliphatic heterocycles. The van der Waals surface area contributed by atoms with Gasteiger partial charge in [0, 0.05) is 16.9 Å². The summed E-state index contributed by atoms with van der Waals surface area (Å²) in [6.07, 6.45) is 0.482. The van der Waals surface area contributed by atoms with Gasteiger partial charge in [-0.25, -0.2) is 0 Å². The second-order valence-corrected chi connectivity index (χ2v) is 7.78. The summed E-state index contributed by atoms with van der Waals surface area (Å²) in [5.74, 6) is 1.83. The largest absolute Gasteiger partial charge is 0.492 e. The average Bonchev–Trinajstić information content (AvgIpc) is 2.86. The van der Waals surface area contributed by atoms with Crippen molar-refractivity contribution in [2.75, 3.05) is 6.61 Å². The third-order valence-corrected chi connectivity index (χ3v) is 5.84. The van der Waals surface area contributed by atoms with Crippen LogP contribution >= 0.6 is 11.6 Å². The molecule has 0 N–H and O–H groups in total. The Morgan fingerprint density at radius 1 is 1.19 bits per heavy atom. The second-order valence-electron chi connectivity index (χ2n) is 7.31. The van der Waals surface area contributed by atoms with Crippen LogP contribution in [0, 0.1) is 11.8 Å². The van der Waals surface area contributed by atoms with Crippen LogP contribution in [0.3, 0.4) is 0 Å². The van der Waals surface area contributed by atoms with Gasteiger partial charge in [-0.1, -0.05) is 26.8 Å². The fourth-order valence-electron chi connectivity index (χ4n) is 3.73. The molecule has 1 aromatic carbocycles. The van der Waals surface area contributed by atoms with Crippen molar-refractivity contribution in [1.82, 2.24) is 0 Å². The Kier molecular flexibility index (Phi) is 3.74. The number of rotatable bonds is 2. The zero-order valence-electron chi connectivity index (χ0n) is 13.5. The molecule has 1 saturated heterocycles. The van der Waals surface area contributed by atoms with Gasteiger partial charge in [-0.05, 0) is 37.5 Å². The molecule has 0 spiro atoms. The molecule has 116 valence electrons. The maximum absolute atomic E-state index is 6.84. The van der Waals surface area contributed by atoms with E-state index < -0.39 is 0 Å². The number of ether oxygens (including phenoxy) is 2. The van der Waals surface area contributed by atoms with Crippen molar-refractivity contribution in [3.8, 4) is 5.75 Å². The molecule has 0 aliphatic carbocycles. The first kappa shape index (κ1) is 15.2. The number of alkyl halides is 1. The monoisotopic (exact) mass is 308 g/mol. The van der Waals surface area contributed by atoms with Crippen LogP contribution in [-0.2, 0) is 10.2 Å². The molecule has 21 heavy (non-hydrogen) atoms. The quantitative estimate of drug-likeness (QED) is 0.738. The molecule has 0 aromatic heterocycles. The molecule has 1 fully saturated rings. The lowest BCUT2D eigenvalue weighted by Crippen LogP contribution is -2.23. The van der Waals surface area contributed by atoms with Gasteiger partial charge in [0.2, 0.25) is 0 Å². The summed E-state index contributed by atoms with van der Waals surface area (Å²) >= 11 is 6.84. The highest BCUT2D eigenvalue weighted by atomic mass is 35.5. The first-order chi connectivity index (χ1) is 9.81. The Balaban J connectivity index is 1.91. The molecular formula is C18H25ClO2. The Morgan fingerprint density at radius 2 is 1.90 bits per heavy atom. The number of benzene rings is 1. The number of fused-ring (bicyclic) bond motifs is 1. The van der Waals surface area contributed by atoms with Gasteiger partial charge >= 0.3 is 0 Å². The lowest BCUT2D eigenvalue weighted by Gasteiger charge is -2.25. The van der Waals surface area contributed by atoms with Crippen molar-refractivity contribution in [3.05, 3.63) is 29.3 Å². The van der Waals surface area contributed by atoms with Crippen LogP contribution in [-0.4, -0.2) is 18.8 Å². The van der Waals surface area contributed by atoms with E-state index in [4.69, 9.17) is 21.1 Å². The molecule has 0 saturated carbocycles. The molecule has 2 nitrogen and oxygen atoms in total. The molecule has 2 aliphatic rings. The minimum Gasteiger partial charge on any atom is -0.492 e. The molecule has 3 heteroatoms. The Morgan fingerprint density at radius 3 is 2.52 bits per heavy atom. The van der Waals surface area contributed by atoms with Gasteiger partial charge in [-0.15, -0.1) is 11.6 Å². The van der Waals surface area contributed by atoms with Gasteiger partial charge in [-0.2, -0.15) is 0 Å². The normalized spacial score (nSPS) is 35.3. The number of halogens is 1. The van der Waals surface area contributed by atoms with Crippen LogP contribution in [0.25, 0.3) is 0 Å². The first-order valence-corrected chi connectivity index (χ1v) is 8.31. The molecule has 0 radical (unpaired) electrons. The number of hydrogen-bond donors (Lipinski definition) is 0. The van der Waals surface area contributed by atoms with E-state index in [2.05, 4.69) is 52.8 Å². The summed E-state index contributed by atoms with van der Waals surface area (Å²) in [5.41, 5.74) is 2.53. The SMILES string of the molecule is CC1OC(C)C(C(Cl)c2ccc3c(c2)C(C)(C)CO3)C1C. The van der Waals surface area contributed by atoms with Crippen molar-refractivity contribution in [1.29, 1.82) is 0 Å². The summed E-state index contributed by atoms with van der Waals surface area (Å²) in [6.45, 7) is 11.7. The third kappa shape index (κ3) is 2.47. The summed E-state index contributed by atoms with van der Waals surface area (Å²) in [6, 6.07) is 6.42. The van der Waals surface area contributed by atoms with Crippen molar-refractivity contribution in [2.24, 2.45) is 11.8 Å². The molecule has 5 unspecified atom stereocenters. The maximum atomic E-state index is 6.84. The van der Waals surface area contributed by atoms with Crippen LogP contribution < -0.4 is 4.74 Å². The Bertz CT molecular complexity index is 540. The highest BCUT2D eigenvalue weighted by molar-refractivity contribution is 6.21. The van der Waals surface area contributed by atoms with Gasteiger partial charge in [0.1, 0.15) is 5.75 Å². The Labute approximate surface area is 132 Å². The van der Waals surface area contributed by atoms with Crippen molar-refractivity contribution < 1.29 is 9.47 Å². The van der Waals surface area contributed by atoms with Crippen molar-refractivity contribution in [2.45, 2.75) is 57.6 Å². The Hall–Kier alpha value is -0.730. The maximum Gasteiger partial charge on any atom is 0.123 e. The minimum absolute atomic E-state index is 0.0124. The first-order valence-electron chi connectivity index (χ1n) is 7.88. The second kappa shape index (κ2) is 5.17. The zero-order valence-corrected chi connectivity index (χ0v) is 14.3. The van der Waals surface area contributed by atoms with Gasteiger partial charge < -0.3 is 9.47 Å². The predicted molar refractivity (Wildman–Crippen MR) is 86.2 cm³/mol. The van der Waals surface area contributed by atoms with E-state index in [0.717, 1.165) is 12.4 Å². The lowest BCUT2D eigenvalue weighted by atomic mass is 9.81. The summed E-state index contributed by atoms with van der Waals surface area (Å²) in [7, 11) is 0. The number of hydrogen-bond acceptors (Lipinski definition) is 2. The standard InChI is InChI=1S/C18H25ClO2/c1-10-11(2)21-12(3)16(10)17(19)13-6-7-15-14(8-13)18(4,5)9-20-15/h6-8,10-12,16-17H,9H2,1-5H3. The fraction of sp³-hybridized carbons (Fsp3) is 0.667. The summed E-state index contributed by atoms with van der Waals surface area (Å²) in [5, 5.41) is -0.0124. The topological polar surface area (TPSA) is 18.5 Å². The van der Waals surface area contributed by atoms with E-state index >= 15 is 0 Å². The van der Waals surface area contributed by atoms with Crippen molar-refractivity contribution in [3.63, 3.8) is 0 Å². The van der Waals surface area contributed by atoms with E-state index in [0.29, 0.717) is 11.8 Å². The lowest BCUT2D eigenvalue weighted by molar-refractivity contribution is 0.0508. The van der Waals surface area contributed by atoms with Gasteiger partial charge in [0.05, 0.1) is 24.2 Å². The van der Waals surface area contributed by atoms with Crippen molar-refractivity contribution >= 4 is 11.6 Å². The van der Waals surface area contributed by atoms with E-state index in [9.17, 15) is 0 Å². The van der Waals surface area contributed by atoms with E-state index in [1.807, 2.05) is 0 Å². The third-order valence-electron chi connectivity index (χ3n) is 5.30. The minimum atomic E-state index is -0.0124. The summed E-state index contributed by atoms with van der Waals surface area (Å²) < 4.78 is 11.7. The predicted octanol–water partition coefficient (Wildman–Crippen LogP) is 4.70. The molecule has 0 amide bonds. The van der Waals surface area contributed by atoms with E-state index in [-0.39, 0.29) is 23.0 Å². The van der Waals surface area contributed by atoms with Gasteiger partial charge in [0.25, 0.3) is 0 Å². The van der Waals surface area contributed by atoms with Crippen LogP contribution in [0.5, 0.6) is 5.75 Å². The molecular weight excluding hydrogens is 284 g/mol. The molecule has 5 atom stereocenters. The van der Waals surface area contributed by atoms with Gasteiger partial charge in [-0.3, -0.25) is 0 Å². The van der Waals surface area contributed by atoms with E-state index in [1.54, 1.807) is 0 Å². The highest BCUT2D eigenvalue weighted by Crippen LogP contribution is 2.46. The van der Waals surface area contributed by atoms with Gasteiger partial charge in [0.15, 0.2) is 0 Å². The smallest absolute Gasteiger partial charge is 0.123 e. The summed E-state index contributed by atoms with van der Waals surface area (Å²) in [4.78, 5) is 0. The molecule has 2 heterocycles. The average molecular weight is 309 g/mol. The van der Waals surface area contributed by atoms with Crippen LogP contribution in [0.4, 0.5) is 0 Å². The molecule has 1 aromatic rings. The van der Waals surface area contributed by atoms with Crippen LogP contribution in [0.1, 0.15) is 51.1 Å². The zero-order chi connectivity index (χ0) is 15.4. The fourth-order valence-corrected chi connectivity index (χ4v) is 4.30. The van der Waals surface area contributed by atoms with Crippen LogP contribution in [0.2, 0.25) is 0 Å². The van der Waals surface area contributed by atoms with E-state index in [1.165, 1.54) is 11.1 Å². The highest BCUT2D eigenvalue weighted by Gasteiger charge is 2.42.